The summed E-state index contributed by atoms with van der Waals surface area (Å²) in [6, 6.07) is 47.3. The summed E-state index contributed by atoms with van der Waals surface area (Å²) >= 11 is 0. The summed E-state index contributed by atoms with van der Waals surface area (Å²) in [4.78, 5) is 13.1. The van der Waals surface area contributed by atoms with Crippen LogP contribution in [0.3, 0.4) is 0 Å². The third-order valence-corrected chi connectivity index (χ3v) is 12.0. The molecular formula is C53H40N7OPt-3. The van der Waals surface area contributed by atoms with E-state index in [1.807, 2.05) is 138 Å². The van der Waals surface area contributed by atoms with Crippen molar-refractivity contribution in [1.29, 1.82) is 0 Å². The smallest absolute Gasteiger partial charge is 0.135 e. The molecule has 0 atom stereocenters. The predicted octanol–water partition coefficient (Wildman–Crippen LogP) is 13.0. The second kappa shape index (κ2) is 14.1. The van der Waals surface area contributed by atoms with Gasteiger partial charge in [-0.3, -0.25) is 4.98 Å². The number of anilines is 4. The van der Waals surface area contributed by atoms with Crippen LogP contribution >= 0.6 is 0 Å². The molecule has 6 aromatic carbocycles. The van der Waals surface area contributed by atoms with Crippen LogP contribution in [0.1, 0.15) is 34.6 Å². The number of fused-ring (bicyclic) bond motifs is 10. The molecule has 0 amide bonds. The maximum absolute atomic E-state index is 8.92. The van der Waals surface area contributed by atoms with Gasteiger partial charge in [0.05, 0.1) is 16.7 Å². The van der Waals surface area contributed by atoms with E-state index in [0.29, 0.717) is 61.4 Å². The average Bonchev–Trinajstić information content (AvgIpc) is 4.05. The van der Waals surface area contributed by atoms with Crippen molar-refractivity contribution in [3.8, 4) is 17.3 Å². The quantitative estimate of drug-likeness (QED) is 0.161. The number of aryl methyl sites for hydroxylation is 2. The maximum atomic E-state index is 8.92. The molecule has 9 heteroatoms. The number of ether oxygens (including phenoxy) is 1. The summed E-state index contributed by atoms with van der Waals surface area (Å²) in [5.74, 6) is 1.67. The van der Waals surface area contributed by atoms with Crippen LogP contribution in [-0.2, 0) is 40.4 Å². The second-order valence-corrected chi connectivity index (χ2v) is 16.5. The van der Waals surface area contributed by atoms with Crippen LogP contribution in [-0.4, -0.2) is 23.7 Å². The van der Waals surface area contributed by atoms with Crippen LogP contribution in [0.4, 0.5) is 22.7 Å². The zero-order chi connectivity index (χ0) is 46.1. The Labute approximate surface area is 381 Å². The fourth-order valence-corrected chi connectivity index (χ4v) is 9.08. The molecule has 0 aliphatic carbocycles. The van der Waals surface area contributed by atoms with E-state index in [1.54, 1.807) is 18.3 Å². The largest absolute Gasteiger partial charge is 0.509 e. The Morgan fingerprint density at radius 3 is 2.00 bits per heavy atom. The van der Waals surface area contributed by atoms with Crippen molar-refractivity contribution in [2.45, 2.75) is 26.2 Å². The molecule has 0 bridgehead atoms. The molecule has 306 valence electrons. The van der Waals surface area contributed by atoms with E-state index >= 15 is 0 Å². The molecule has 0 spiro atoms. The molecule has 0 fully saturated rings. The fraction of sp³-hybridized carbons (Fsp3) is 0.113. The number of para-hydroxylation sites is 4. The minimum absolute atomic E-state index is 0. The first-order chi connectivity index (χ1) is 32.1. The molecule has 12 rings (SSSR count). The van der Waals surface area contributed by atoms with Crippen LogP contribution in [0.2, 0.25) is 0 Å². The van der Waals surface area contributed by atoms with Crippen LogP contribution < -0.4 is 14.5 Å². The van der Waals surface area contributed by atoms with Gasteiger partial charge in [0.15, 0.2) is 0 Å². The normalized spacial score (nSPS) is 14.8. The van der Waals surface area contributed by atoms with Crippen LogP contribution in [0, 0.1) is 18.8 Å². The third kappa shape index (κ3) is 5.63. The molecule has 8 nitrogen and oxygen atoms in total. The Morgan fingerprint density at radius 1 is 0.613 bits per heavy atom. The van der Waals surface area contributed by atoms with Crippen LogP contribution in [0.25, 0.3) is 71.2 Å². The summed E-state index contributed by atoms with van der Waals surface area (Å²) in [6.07, 6.45) is 5.48. The first-order valence-corrected chi connectivity index (χ1v) is 20.2. The number of benzene rings is 6. The summed E-state index contributed by atoms with van der Waals surface area (Å²) in [5, 5.41) is 4.79. The molecular weight excluding hydrogens is 946 g/mol. The molecule has 62 heavy (non-hydrogen) atoms. The summed E-state index contributed by atoms with van der Waals surface area (Å²) in [6.45, 7) is 3.16. The number of nitrogens with zero attached hydrogens (tertiary/aromatic N) is 7. The van der Waals surface area contributed by atoms with Gasteiger partial charge in [0.25, 0.3) is 0 Å². The zero-order valence-electron chi connectivity index (χ0n) is 39.8. The molecule has 0 unspecified atom stereocenters. The topological polar surface area (TPSA) is 56.3 Å². The Morgan fingerprint density at radius 2 is 1.29 bits per heavy atom. The van der Waals surface area contributed by atoms with Crippen molar-refractivity contribution in [1.82, 2.24) is 23.7 Å². The van der Waals surface area contributed by atoms with Crippen molar-refractivity contribution >= 4 is 88.2 Å². The van der Waals surface area contributed by atoms with Crippen molar-refractivity contribution < 1.29 is 34.0 Å². The maximum Gasteiger partial charge on any atom is 0.135 e. The minimum Gasteiger partial charge on any atom is -0.509 e. The van der Waals surface area contributed by atoms with E-state index in [-0.39, 0.29) is 26.5 Å². The molecule has 6 heterocycles. The van der Waals surface area contributed by atoms with E-state index in [1.165, 1.54) is 9.13 Å². The Balaban J connectivity index is 0.00000507. The number of hydrogen-bond donors (Lipinski definition) is 0. The van der Waals surface area contributed by atoms with Gasteiger partial charge in [0, 0.05) is 123 Å². The Bertz CT molecular complexity index is 3720. The number of rotatable bonds is 5. The Kier molecular flexibility index (Phi) is 7.25. The van der Waals surface area contributed by atoms with Gasteiger partial charge in [-0.2, -0.15) is 12.1 Å². The van der Waals surface area contributed by atoms with Crippen molar-refractivity contribution in [2.24, 2.45) is 14.0 Å². The zero-order valence-corrected chi connectivity index (χ0v) is 36.1. The van der Waals surface area contributed by atoms with Gasteiger partial charge in [-0.05, 0) is 64.9 Å². The molecule has 5 aromatic heterocycles. The van der Waals surface area contributed by atoms with E-state index in [4.69, 9.17) is 17.9 Å². The SMILES string of the molecule is [2H]C([2H])([2H])n1c2ccccc2c2cc3c4ccccc4n(C([2H])([2H])[2H])c3c(N3[CH-]N(c4[c-]c(Oc5[c-]c6c(cc5)c5cnccc5n6-c5cc(C(C)(C)C)ccn5)ccc4)c4ccccc43)c21.[Pt]. The van der Waals surface area contributed by atoms with Gasteiger partial charge in [-0.1, -0.05) is 74.8 Å². The standard InChI is InChI=1S/C53H40N7O.Pt/c1-53(2,3)33-23-26-55-49(27-33)60-45-24-25-54-31-42(45)39-22-21-36(29-48(39)60)61-35-14-12-13-34(28-35)58-32-59(47-20-11-10-19-46(47)58)52-50-40(37-15-6-8-17-43(37)56(50)4)30-41-38-16-7-9-18-44(38)57(5)51(41)52;/h6-27,30-32H,1-5H3;/q-3;/i4D3,5D3;. The van der Waals surface area contributed by atoms with Gasteiger partial charge < -0.3 is 28.2 Å². The van der Waals surface area contributed by atoms with E-state index in [0.717, 1.165) is 49.6 Å². The number of aromatic nitrogens is 5. The van der Waals surface area contributed by atoms with Crippen LogP contribution in [0.5, 0.6) is 11.5 Å². The molecule has 11 aromatic rings. The van der Waals surface area contributed by atoms with Gasteiger partial charge in [-0.25, -0.2) is 4.98 Å². The monoisotopic (exact) mass is 991 g/mol. The van der Waals surface area contributed by atoms with E-state index in [2.05, 4.69) is 48.5 Å². The first-order valence-electron chi connectivity index (χ1n) is 23.2. The predicted molar refractivity (Wildman–Crippen MR) is 249 cm³/mol. The van der Waals surface area contributed by atoms with Crippen molar-refractivity contribution in [3.63, 3.8) is 0 Å². The van der Waals surface area contributed by atoms with Gasteiger partial charge in [0.1, 0.15) is 5.82 Å². The second-order valence-electron chi connectivity index (χ2n) is 16.5. The summed E-state index contributed by atoms with van der Waals surface area (Å²) < 4.78 is 64.9. The molecule has 0 saturated heterocycles. The summed E-state index contributed by atoms with van der Waals surface area (Å²) in [7, 11) is 0. The number of hydrogen-bond acceptors (Lipinski definition) is 5. The van der Waals surface area contributed by atoms with Crippen LogP contribution in [0.15, 0.2) is 146 Å². The third-order valence-electron chi connectivity index (χ3n) is 12.0. The van der Waals surface area contributed by atoms with Gasteiger partial charge >= 0.3 is 0 Å². The molecule has 0 saturated carbocycles. The molecule has 1 aliphatic rings. The summed E-state index contributed by atoms with van der Waals surface area (Å²) in [5.41, 5.74) is 7.14. The molecule has 1 aliphatic heterocycles. The molecule has 0 N–H and O–H groups in total. The van der Waals surface area contributed by atoms with E-state index < -0.39 is 14.0 Å². The molecule has 0 radical (unpaired) electrons. The Hall–Kier alpha value is -6.89. The van der Waals surface area contributed by atoms with Crippen molar-refractivity contribution in [2.75, 3.05) is 9.80 Å². The van der Waals surface area contributed by atoms with Crippen molar-refractivity contribution in [3.05, 3.63) is 170 Å². The van der Waals surface area contributed by atoms with Gasteiger partial charge in [0.2, 0.25) is 0 Å². The average molecular weight is 992 g/mol. The fourth-order valence-electron chi connectivity index (χ4n) is 9.08. The minimum atomic E-state index is -2.63. The van der Waals surface area contributed by atoms with E-state index in [9.17, 15) is 0 Å². The number of pyridine rings is 2. The first kappa shape index (κ1) is 31.9. The van der Waals surface area contributed by atoms with Gasteiger partial charge in [-0.15, -0.1) is 48.1 Å².